The SMILES string of the molecule is CC(C)(C)CC1CN=C(NC2CCOC2)S1. The number of ether oxygens (including phenoxy) is 1. The van der Waals surface area contributed by atoms with E-state index in [0.29, 0.717) is 16.7 Å². The van der Waals surface area contributed by atoms with Gasteiger partial charge in [-0.15, -0.1) is 0 Å². The third-order valence-corrected chi connectivity index (χ3v) is 3.93. The fraction of sp³-hybridized carbons (Fsp3) is 0.917. The Balaban J connectivity index is 1.74. The molecule has 0 amide bonds. The van der Waals surface area contributed by atoms with E-state index < -0.39 is 0 Å². The van der Waals surface area contributed by atoms with Crippen molar-refractivity contribution in [3.63, 3.8) is 0 Å². The summed E-state index contributed by atoms with van der Waals surface area (Å²) < 4.78 is 5.35. The van der Waals surface area contributed by atoms with Gasteiger partial charge in [0.1, 0.15) is 0 Å². The van der Waals surface area contributed by atoms with E-state index >= 15 is 0 Å². The van der Waals surface area contributed by atoms with E-state index in [1.54, 1.807) is 0 Å². The zero-order chi connectivity index (χ0) is 11.6. The minimum atomic E-state index is 0.402. The number of nitrogens with zero attached hydrogens (tertiary/aromatic N) is 1. The van der Waals surface area contributed by atoms with Crippen LogP contribution in [-0.2, 0) is 4.74 Å². The monoisotopic (exact) mass is 242 g/mol. The van der Waals surface area contributed by atoms with Crippen LogP contribution in [0.1, 0.15) is 33.6 Å². The van der Waals surface area contributed by atoms with Gasteiger partial charge in [-0.1, -0.05) is 32.5 Å². The lowest BCUT2D eigenvalue weighted by molar-refractivity contribution is 0.192. The standard InChI is InChI=1S/C12H22N2OS/c1-12(2,3)6-10-7-13-11(16-10)14-9-4-5-15-8-9/h9-10H,4-8H2,1-3H3,(H,13,14). The van der Waals surface area contributed by atoms with Gasteiger partial charge in [-0.3, -0.25) is 4.99 Å². The first-order valence-corrected chi connectivity index (χ1v) is 6.96. The quantitative estimate of drug-likeness (QED) is 0.806. The summed E-state index contributed by atoms with van der Waals surface area (Å²) in [6.07, 6.45) is 2.34. The summed E-state index contributed by atoms with van der Waals surface area (Å²) in [5, 5.41) is 5.27. The molecular formula is C12H22N2OS. The van der Waals surface area contributed by atoms with Crippen LogP contribution in [-0.4, -0.2) is 36.2 Å². The number of nitrogens with one attached hydrogen (secondary N) is 1. The van der Waals surface area contributed by atoms with Crippen molar-refractivity contribution in [2.45, 2.75) is 44.9 Å². The highest BCUT2D eigenvalue weighted by molar-refractivity contribution is 8.14. The largest absolute Gasteiger partial charge is 0.379 e. The fourth-order valence-electron chi connectivity index (χ4n) is 2.11. The highest BCUT2D eigenvalue weighted by Crippen LogP contribution is 2.31. The van der Waals surface area contributed by atoms with Crippen LogP contribution < -0.4 is 5.32 Å². The van der Waals surface area contributed by atoms with Crippen LogP contribution in [0.3, 0.4) is 0 Å². The molecule has 2 aliphatic rings. The van der Waals surface area contributed by atoms with Crippen molar-refractivity contribution >= 4 is 16.9 Å². The van der Waals surface area contributed by atoms with Gasteiger partial charge in [-0.2, -0.15) is 0 Å². The summed E-state index contributed by atoms with van der Waals surface area (Å²) in [6, 6.07) is 0.486. The Hall–Kier alpha value is -0.220. The van der Waals surface area contributed by atoms with Gasteiger partial charge in [0.25, 0.3) is 0 Å². The van der Waals surface area contributed by atoms with Gasteiger partial charge in [-0.25, -0.2) is 0 Å². The summed E-state index contributed by atoms with van der Waals surface area (Å²) in [4.78, 5) is 4.58. The maximum Gasteiger partial charge on any atom is 0.157 e. The molecule has 0 aromatic carbocycles. The van der Waals surface area contributed by atoms with Crippen LogP contribution in [0.15, 0.2) is 4.99 Å². The van der Waals surface area contributed by atoms with Gasteiger partial charge in [-0.05, 0) is 18.3 Å². The van der Waals surface area contributed by atoms with E-state index in [1.807, 2.05) is 11.8 Å². The summed E-state index contributed by atoms with van der Waals surface area (Å²) in [5.41, 5.74) is 0.402. The van der Waals surface area contributed by atoms with Crippen molar-refractivity contribution in [3.8, 4) is 0 Å². The molecule has 3 nitrogen and oxygen atoms in total. The molecule has 1 N–H and O–H groups in total. The van der Waals surface area contributed by atoms with Crippen molar-refractivity contribution in [1.82, 2.24) is 5.32 Å². The summed E-state index contributed by atoms with van der Waals surface area (Å²) in [6.45, 7) is 9.58. The second kappa shape index (κ2) is 4.96. The average molecular weight is 242 g/mol. The molecule has 0 aromatic rings. The van der Waals surface area contributed by atoms with E-state index in [2.05, 4.69) is 31.1 Å². The number of rotatable bonds is 2. The maximum absolute atomic E-state index is 5.35. The Labute approximate surface area is 102 Å². The first kappa shape index (κ1) is 12.2. The van der Waals surface area contributed by atoms with Crippen LogP contribution >= 0.6 is 11.8 Å². The Morgan fingerprint density at radius 3 is 2.94 bits per heavy atom. The van der Waals surface area contributed by atoms with Crippen molar-refractivity contribution < 1.29 is 4.74 Å². The fourth-order valence-corrected chi connectivity index (χ4v) is 3.54. The zero-order valence-corrected chi connectivity index (χ0v) is 11.3. The molecule has 2 atom stereocenters. The molecular weight excluding hydrogens is 220 g/mol. The molecule has 1 saturated heterocycles. The van der Waals surface area contributed by atoms with E-state index in [9.17, 15) is 0 Å². The third-order valence-electron chi connectivity index (χ3n) is 2.81. The molecule has 0 aliphatic carbocycles. The average Bonchev–Trinajstić information content (AvgIpc) is 2.75. The molecule has 0 radical (unpaired) electrons. The summed E-state index contributed by atoms with van der Waals surface area (Å²) in [5.74, 6) is 0. The van der Waals surface area contributed by atoms with Crippen LogP contribution in [0.4, 0.5) is 0 Å². The molecule has 16 heavy (non-hydrogen) atoms. The van der Waals surface area contributed by atoms with Gasteiger partial charge in [0.15, 0.2) is 5.17 Å². The van der Waals surface area contributed by atoms with Crippen LogP contribution in [0.2, 0.25) is 0 Å². The Kier molecular flexibility index (Phi) is 3.80. The second-order valence-corrected chi connectivity index (χ2v) is 7.14. The van der Waals surface area contributed by atoms with Gasteiger partial charge in [0, 0.05) is 11.9 Å². The van der Waals surface area contributed by atoms with E-state index in [1.165, 1.54) is 6.42 Å². The molecule has 4 heteroatoms. The predicted octanol–water partition coefficient (Wildman–Crippen LogP) is 2.27. The topological polar surface area (TPSA) is 33.6 Å². The summed E-state index contributed by atoms with van der Waals surface area (Å²) >= 11 is 1.91. The third kappa shape index (κ3) is 3.67. The lowest BCUT2D eigenvalue weighted by Crippen LogP contribution is -2.32. The number of amidine groups is 1. The predicted molar refractivity (Wildman–Crippen MR) is 70.1 cm³/mol. The van der Waals surface area contributed by atoms with E-state index in [0.717, 1.165) is 31.3 Å². The minimum Gasteiger partial charge on any atom is -0.379 e. The highest BCUT2D eigenvalue weighted by atomic mass is 32.2. The highest BCUT2D eigenvalue weighted by Gasteiger charge is 2.26. The zero-order valence-electron chi connectivity index (χ0n) is 10.5. The first-order chi connectivity index (χ1) is 7.53. The van der Waals surface area contributed by atoms with Crippen LogP contribution in [0.5, 0.6) is 0 Å². The number of thioether (sulfide) groups is 1. The smallest absolute Gasteiger partial charge is 0.157 e. The van der Waals surface area contributed by atoms with Gasteiger partial charge >= 0.3 is 0 Å². The van der Waals surface area contributed by atoms with Crippen LogP contribution in [0.25, 0.3) is 0 Å². The summed E-state index contributed by atoms with van der Waals surface area (Å²) in [7, 11) is 0. The lowest BCUT2D eigenvalue weighted by Gasteiger charge is -2.21. The number of aliphatic imine (C=N–C) groups is 1. The minimum absolute atomic E-state index is 0.402. The Morgan fingerprint density at radius 2 is 2.31 bits per heavy atom. The lowest BCUT2D eigenvalue weighted by atomic mass is 9.90. The maximum atomic E-state index is 5.35. The Morgan fingerprint density at radius 1 is 1.50 bits per heavy atom. The molecule has 0 bridgehead atoms. The molecule has 2 unspecified atom stereocenters. The van der Waals surface area contributed by atoms with Gasteiger partial charge < -0.3 is 10.1 Å². The Bertz CT molecular complexity index is 267. The normalized spacial score (nSPS) is 30.6. The molecule has 2 heterocycles. The molecule has 0 aromatic heterocycles. The van der Waals surface area contributed by atoms with Crippen molar-refractivity contribution in [3.05, 3.63) is 0 Å². The van der Waals surface area contributed by atoms with Gasteiger partial charge in [0.2, 0.25) is 0 Å². The van der Waals surface area contributed by atoms with Crippen molar-refractivity contribution in [2.75, 3.05) is 19.8 Å². The van der Waals surface area contributed by atoms with Crippen molar-refractivity contribution in [1.29, 1.82) is 0 Å². The number of hydrogen-bond acceptors (Lipinski definition) is 4. The van der Waals surface area contributed by atoms with E-state index in [4.69, 9.17) is 4.74 Å². The van der Waals surface area contributed by atoms with Crippen LogP contribution in [0, 0.1) is 5.41 Å². The van der Waals surface area contributed by atoms with Gasteiger partial charge in [0.05, 0.1) is 19.2 Å². The molecule has 2 aliphatic heterocycles. The van der Waals surface area contributed by atoms with Crippen molar-refractivity contribution in [2.24, 2.45) is 10.4 Å². The molecule has 1 fully saturated rings. The molecule has 2 rings (SSSR count). The van der Waals surface area contributed by atoms with E-state index in [-0.39, 0.29) is 0 Å². The first-order valence-electron chi connectivity index (χ1n) is 6.08. The molecule has 92 valence electrons. The second-order valence-electron chi connectivity index (χ2n) is 5.86. The molecule has 0 spiro atoms. The molecule has 0 saturated carbocycles. The number of hydrogen-bond donors (Lipinski definition) is 1.